The second-order valence-electron chi connectivity index (χ2n) is 4.48. The molecule has 1 N–H and O–H groups in total. The SMILES string of the molecule is CC(C)(C)c1ncc(/C=C/[N+](=O)[O-])n1C(=O)O. The molecule has 92 valence electrons. The minimum atomic E-state index is -1.21. The van der Waals surface area contributed by atoms with E-state index >= 15 is 0 Å². The van der Waals surface area contributed by atoms with Crippen LogP contribution in [0, 0.1) is 10.1 Å². The first-order valence-electron chi connectivity index (χ1n) is 4.86. The topological polar surface area (TPSA) is 98.3 Å². The van der Waals surface area contributed by atoms with E-state index < -0.39 is 16.4 Å². The van der Waals surface area contributed by atoms with E-state index in [-0.39, 0.29) is 5.69 Å². The molecule has 0 spiro atoms. The highest BCUT2D eigenvalue weighted by atomic mass is 16.6. The van der Waals surface area contributed by atoms with E-state index in [1.165, 1.54) is 6.20 Å². The Morgan fingerprint density at radius 1 is 1.59 bits per heavy atom. The summed E-state index contributed by atoms with van der Waals surface area (Å²) >= 11 is 0. The zero-order valence-electron chi connectivity index (χ0n) is 9.75. The van der Waals surface area contributed by atoms with Crippen LogP contribution in [0.25, 0.3) is 6.08 Å². The highest BCUT2D eigenvalue weighted by Gasteiger charge is 2.25. The van der Waals surface area contributed by atoms with Gasteiger partial charge in [-0.25, -0.2) is 14.3 Å². The number of rotatable bonds is 2. The molecule has 0 aliphatic carbocycles. The van der Waals surface area contributed by atoms with E-state index in [4.69, 9.17) is 5.11 Å². The van der Waals surface area contributed by atoms with Crippen molar-refractivity contribution in [3.63, 3.8) is 0 Å². The highest BCUT2D eigenvalue weighted by molar-refractivity contribution is 5.73. The molecular formula is C10H13N3O4. The Morgan fingerprint density at radius 3 is 2.59 bits per heavy atom. The van der Waals surface area contributed by atoms with Crippen molar-refractivity contribution >= 4 is 12.2 Å². The van der Waals surface area contributed by atoms with Crippen molar-refractivity contribution < 1.29 is 14.8 Å². The molecule has 1 aromatic heterocycles. The lowest BCUT2D eigenvalue weighted by atomic mass is 9.96. The molecule has 0 bridgehead atoms. The van der Waals surface area contributed by atoms with Crippen LogP contribution in [-0.4, -0.2) is 25.7 Å². The summed E-state index contributed by atoms with van der Waals surface area (Å²) in [7, 11) is 0. The molecule has 0 radical (unpaired) electrons. The quantitative estimate of drug-likeness (QED) is 0.628. The standard InChI is InChI=1S/C10H13N3O4/c1-10(2,3)8-11-6-7(4-5-12(16)17)13(8)9(14)15/h4-6H,1-3H3,(H,14,15)/b5-4+. The molecule has 7 heteroatoms. The normalized spacial score (nSPS) is 11.9. The second kappa shape index (κ2) is 4.36. The predicted octanol–water partition coefficient (Wildman–Crippen LogP) is 1.95. The van der Waals surface area contributed by atoms with E-state index in [1.54, 1.807) is 0 Å². The monoisotopic (exact) mass is 239 g/mol. The van der Waals surface area contributed by atoms with E-state index in [1.807, 2.05) is 20.8 Å². The smallest absolute Gasteiger partial charge is 0.417 e. The molecule has 1 rings (SSSR count). The Bertz CT molecular complexity index is 482. The number of nitrogens with zero attached hydrogens (tertiary/aromatic N) is 3. The van der Waals surface area contributed by atoms with Crippen LogP contribution in [-0.2, 0) is 5.41 Å². The van der Waals surface area contributed by atoms with Crippen LogP contribution in [0.5, 0.6) is 0 Å². The maximum atomic E-state index is 11.1. The third-order valence-electron chi connectivity index (χ3n) is 2.02. The van der Waals surface area contributed by atoms with Crippen molar-refractivity contribution in [3.8, 4) is 0 Å². The minimum absolute atomic E-state index is 0.166. The molecular weight excluding hydrogens is 226 g/mol. The van der Waals surface area contributed by atoms with Crippen molar-refractivity contribution in [1.29, 1.82) is 0 Å². The molecule has 0 atom stereocenters. The highest BCUT2D eigenvalue weighted by Crippen LogP contribution is 2.22. The Labute approximate surface area is 97.5 Å². The van der Waals surface area contributed by atoms with Gasteiger partial charge in [0.15, 0.2) is 0 Å². The van der Waals surface area contributed by atoms with Crippen molar-refractivity contribution in [2.45, 2.75) is 26.2 Å². The number of imidazole rings is 1. The Hall–Kier alpha value is -2.18. The molecule has 0 unspecified atom stereocenters. The van der Waals surface area contributed by atoms with Crippen molar-refractivity contribution in [1.82, 2.24) is 9.55 Å². The molecule has 1 aromatic rings. The fourth-order valence-corrected chi connectivity index (χ4v) is 1.35. The summed E-state index contributed by atoms with van der Waals surface area (Å²) in [6, 6.07) is 0. The zero-order valence-corrected chi connectivity index (χ0v) is 9.75. The van der Waals surface area contributed by atoms with Crippen molar-refractivity contribution in [2.75, 3.05) is 0 Å². The van der Waals surface area contributed by atoms with Crippen LogP contribution in [0.1, 0.15) is 32.3 Å². The molecule has 0 fully saturated rings. The minimum Gasteiger partial charge on any atom is -0.464 e. The lowest BCUT2D eigenvalue weighted by Gasteiger charge is -2.17. The van der Waals surface area contributed by atoms with Crippen molar-refractivity contribution in [2.24, 2.45) is 0 Å². The third-order valence-corrected chi connectivity index (χ3v) is 2.02. The Morgan fingerprint density at radius 2 is 2.18 bits per heavy atom. The number of carbonyl (C=O) groups is 1. The van der Waals surface area contributed by atoms with Crippen LogP contribution in [0.15, 0.2) is 12.4 Å². The fraction of sp³-hybridized carbons (Fsp3) is 0.400. The molecule has 0 aromatic carbocycles. The second-order valence-corrected chi connectivity index (χ2v) is 4.48. The number of carboxylic acid groups (broad SMARTS) is 1. The average molecular weight is 239 g/mol. The largest absolute Gasteiger partial charge is 0.464 e. The molecule has 7 nitrogen and oxygen atoms in total. The van der Waals surface area contributed by atoms with Gasteiger partial charge in [-0.15, -0.1) is 0 Å². The van der Waals surface area contributed by atoms with Gasteiger partial charge >= 0.3 is 6.09 Å². The maximum absolute atomic E-state index is 11.1. The summed E-state index contributed by atoms with van der Waals surface area (Å²) in [5.41, 5.74) is -0.293. The lowest BCUT2D eigenvalue weighted by Crippen LogP contribution is -2.23. The van der Waals surface area contributed by atoms with Gasteiger partial charge in [0.1, 0.15) is 5.82 Å². The van der Waals surface area contributed by atoms with Crippen LogP contribution in [0.3, 0.4) is 0 Å². The summed E-state index contributed by atoms with van der Waals surface area (Å²) in [6.07, 6.45) is 1.88. The van der Waals surface area contributed by atoms with E-state index in [9.17, 15) is 14.9 Å². The lowest BCUT2D eigenvalue weighted by molar-refractivity contribution is -0.401. The summed E-state index contributed by atoms with van der Waals surface area (Å²) in [5.74, 6) is 0.341. The van der Waals surface area contributed by atoms with Gasteiger partial charge in [0.2, 0.25) is 6.20 Å². The maximum Gasteiger partial charge on any atom is 0.417 e. The summed E-state index contributed by atoms with van der Waals surface area (Å²) in [5, 5.41) is 19.3. The summed E-state index contributed by atoms with van der Waals surface area (Å²) in [6.45, 7) is 5.45. The molecule has 0 amide bonds. The Kier molecular flexibility index (Phi) is 3.31. The first-order chi connectivity index (χ1) is 7.73. The molecule has 0 saturated heterocycles. The number of aromatic nitrogens is 2. The van der Waals surface area contributed by atoms with Gasteiger partial charge in [0, 0.05) is 11.5 Å². The van der Waals surface area contributed by atoms with Crippen LogP contribution >= 0.6 is 0 Å². The zero-order chi connectivity index (χ0) is 13.2. The number of nitro groups is 1. The molecule has 0 saturated carbocycles. The van der Waals surface area contributed by atoms with Gasteiger partial charge in [-0.2, -0.15) is 0 Å². The van der Waals surface area contributed by atoms with Gasteiger partial charge in [-0.1, -0.05) is 20.8 Å². The summed E-state index contributed by atoms with van der Waals surface area (Å²) in [4.78, 5) is 24.7. The first-order valence-corrected chi connectivity index (χ1v) is 4.86. The molecule has 0 aliphatic heterocycles. The van der Waals surface area contributed by atoms with Crippen molar-refractivity contribution in [3.05, 3.63) is 34.0 Å². The van der Waals surface area contributed by atoms with E-state index in [0.29, 0.717) is 12.0 Å². The third kappa shape index (κ3) is 2.90. The number of hydrogen-bond donors (Lipinski definition) is 1. The summed E-state index contributed by atoms with van der Waals surface area (Å²) < 4.78 is 0.944. The average Bonchev–Trinajstić information content (AvgIpc) is 2.57. The van der Waals surface area contributed by atoms with Gasteiger partial charge in [-0.05, 0) is 0 Å². The molecule has 0 aliphatic rings. The van der Waals surface area contributed by atoms with E-state index in [0.717, 1.165) is 10.6 Å². The van der Waals surface area contributed by atoms with Gasteiger partial charge in [-0.3, -0.25) is 10.1 Å². The fourth-order valence-electron chi connectivity index (χ4n) is 1.35. The molecule has 1 heterocycles. The van der Waals surface area contributed by atoms with E-state index in [2.05, 4.69) is 4.98 Å². The molecule has 17 heavy (non-hydrogen) atoms. The van der Waals surface area contributed by atoms with Crippen LogP contribution in [0.2, 0.25) is 0 Å². The van der Waals surface area contributed by atoms with Gasteiger partial charge in [0.05, 0.1) is 16.8 Å². The Balaban J connectivity index is 3.30. The van der Waals surface area contributed by atoms with Gasteiger partial charge < -0.3 is 5.11 Å². The predicted molar refractivity (Wildman–Crippen MR) is 60.4 cm³/mol. The van der Waals surface area contributed by atoms with Gasteiger partial charge in [0.25, 0.3) is 0 Å². The van der Waals surface area contributed by atoms with Crippen LogP contribution in [0.4, 0.5) is 4.79 Å². The number of hydrogen-bond acceptors (Lipinski definition) is 4. The van der Waals surface area contributed by atoms with Crippen LogP contribution < -0.4 is 0 Å². The first kappa shape index (κ1) is 12.9.